The fraction of sp³-hybridized carbons (Fsp3) is 0.545. The molecule has 0 amide bonds. The first-order valence-corrected chi connectivity index (χ1v) is 12.1. The summed E-state index contributed by atoms with van der Waals surface area (Å²) in [6, 6.07) is 3.94. The lowest BCUT2D eigenvalue weighted by Crippen LogP contribution is -2.13. The van der Waals surface area contributed by atoms with Gasteiger partial charge in [-0.1, -0.05) is 6.08 Å². The van der Waals surface area contributed by atoms with E-state index < -0.39 is 0 Å². The Morgan fingerprint density at radius 1 is 0.613 bits per heavy atom. The first kappa shape index (κ1) is 25.7. The molecule has 2 rings (SSSR count). The van der Waals surface area contributed by atoms with Crippen LogP contribution in [0.2, 0.25) is 0 Å². The van der Waals surface area contributed by atoms with E-state index in [0.29, 0.717) is 71.6 Å². The summed E-state index contributed by atoms with van der Waals surface area (Å²) in [7, 11) is 0. The van der Waals surface area contributed by atoms with E-state index in [0.717, 1.165) is 21.3 Å². The fourth-order valence-corrected chi connectivity index (χ4v) is 4.25. The van der Waals surface area contributed by atoms with Crippen molar-refractivity contribution >= 4 is 23.5 Å². The molecule has 0 saturated carbocycles. The predicted molar refractivity (Wildman–Crippen MR) is 123 cm³/mol. The highest BCUT2D eigenvalue weighted by molar-refractivity contribution is 8.04. The van der Waals surface area contributed by atoms with E-state index in [1.54, 1.807) is 23.5 Å². The second kappa shape index (κ2) is 17.0. The molecule has 9 heteroatoms. The van der Waals surface area contributed by atoms with Gasteiger partial charge in [0, 0.05) is 26.9 Å². The maximum atomic E-state index is 9.23. The van der Waals surface area contributed by atoms with Gasteiger partial charge >= 0.3 is 0 Å². The number of allylic oxidation sites excluding steroid dienone is 6. The van der Waals surface area contributed by atoms with E-state index in [2.05, 4.69) is 6.08 Å². The van der Waals surface area contributed by atoms with Gasteiger partial charge in [0.25, 0.3) is 0 Å². The largest absolute Gasteiger partial charge is 0.378 e. The summed E-state index contributed by atoms with van der Waals surface area (Å²) >= 11 is 3.30. The standard InChI is InChI=1S/C22H28N2O5S2/c23-17-20(18-24)19-1-2-21-16-22(15-19)31-14-12-29-10-8-27-6-4-25-3-5-26-7-9-28-11-13-30-21/h1-2,15-16H,3-14H2. The van der Waals surface area contributed by atoms with Gasteiger partial charge in [-0.05, 0) is 18.2 Å². The zero-order valence-corrected chi connectivity index (χ0v) is 19.2. The molecular weight excluding hydrogens is 436 g/mol. The lowest BCUT2D eigenvalue weighted by molar-refractivity contribution is -0.00902. The van der Waals surface area contributed by atoms with Crippen molar-refractivity contribution in [1.29, 1.82) is 10.5 Å². The van der Waals surface area contributed by atoms with Gasteiger partial charge in [-0.25, -0.2) is 0 Å². The van der Waals surface area contributed by atoms with Crippen molar-refractivity contribution in [2.75, 3.05) is 77.6 Å². The molecule has 31 heavy (non-hydrogen) atoms. The molecule has 0 aromatic rings. The highest BCUT2D eigenvalue weighted by atomic mass is 32.2. The van der Waals surface area contributed by atoms with Crippen LogP contribution in [-0.2, 0) is 23.7 Å². The summed E-state index contributed by atoms with van der Waals surface area (Å²) in [6.45, 7) is 5.46. The zero-order valence-electron chi connectivity index (χ0n) is 17.5. The molecule has 0 aromatic heterocycles. The molecular formula is C22H28N2O5S2. The third-order valence-corrected chi connectivity index (χ3v) is 5.90. The van der Waals surface area contributed by atoms with Crippen molar-refractivity contribution in [3.63, 3.8) is 0 Å². The molecule has 2 bridgehead atoms. The summed E-state index contributed by atoms with van der Waals surface area (Å²) in [5.74, 6) is 1.55. The Morgan fingerprint density at radius 2 is 1.06 bits per heavy atom. The normalized spacial score (nSPS) is 21.2. The van der Waals surface area contributed by atoms with Crippen LogP contribution in [0.25, 0.3) is 0 Å². The molecule has 0 N–H and O–H groups in total. The van der Waals surface area contributed by atoms with Gasteiger partial charge < -0.3 is 23.7 Å². The van der Waals surface area contributed by atoms with Crippen molar-refractivity contribution in [3.05, 3.63) is 45.3 Å². The van der Waals surface area contributed by atoms with Crippen LogP contribution in [0.3, 0.4) is 0 Å². The minimum Gasteiger partial charge on any atom is -0.378 e. The Bertz CT molecular complexity index is 734. The molecule has 0 fully saturated rings. The van der Waals surface area contributed by atoms with Crippen LogP contribution in [0, 0.1) is 22.7 Å². The SMILES string of the molecule is N#CC(C#N)=C1C=CC2=CC(=C1)SCCOCCOCCOCCOCCOCCS2. The summed E-state index contributed by atoms with van der Waals surface area (Å²) in [5, 5.41) is 18.5. The number of ether oxygens (including phenoxy) is 5. The Labute approximate surface area is 192 Å². The molecule has 0 atom stereocenters. The van der Waals surface area contributed by atoms with Crippen LogP contribution in [0.1, 0.15) is 0 Å². The minimum absolute atomic E-state index is 0.104. The molecule has 2 aliphatic rings. The highest BCUT2D eigenvalue weighted by Crippen LogP contribution is 2.30. The van der Waals surface area contributed by atoms with Crippen LogP contribution in [-0.4, -0.2) is 77.6 Å². The van der Waals surface area contributed by atoms with Gasteiger partial charge in [0.2, 0.25) is 0 Å². The van der Waals surface area contributed by atoms with Crippen LogP contribution in [0.15, 0.2) is 45.3 Å². The van der Waals surface area contributed by atoms with Gasteiger partial charge in [-0.2, -0.15) is 10.5 Å². The third-order valence-electron chi connectivity index (χ3n) is 4.00. The Hall–Kier alpha value is -1.56. The Kier molecular flexibility index (Phi) is 14.1. The average Bonchev–Trinajstić information content (AvgIpc) is 2.98. The molecule has 0 radical (unpaired) electrons. The molecule has 0 saturated heterocycles. The van der Waals surface area contributed by atoms with Crippen LogP contribution in [0.5, 0.6) is 0 Å². The molecule has 1 heterocycles. The lowest BCUT2D eigenvalue weighted by atomic mass is 10.1. The number of hydrogen-bond donors (Lipinski definition) is 0. The van der Waals surface area contributed by atoms with Crippen molar-refractivity contribution in [3.8, 4) is 12.1 Å². The second-order valence-electron chi connectivity index (χ2n) is 6.24. The monoisotopic (exact) mass is 464 g/mol. The number of nitriles is 2. The third kappa shape index (κ3) is 11.6. The predicted octanol–water partition coefficient (Wildman–Crippen LogP) is 3.23. The first-order valence-electron chi connectivity index (χ1n) is 10.1. The number of hydrogen-bond acceptors (Lipinski definition) is 9. The smallest absolute Gasteiger partial charge is 0.136 e. The summed E-state index contributed by atoms with van der Waals surface area (Å²) in [4.78, 5) is 2.04. The molecule has 0 aromatic carbocycles. The van der Waals surface area contributed by atoms with Crippen LogP contribution < -0.4 is 0 Å². The number of fused-ring (bicyclic) bond motifs is 1. The Morgan fingerprint density at radius 3 is 1.55 bits per heavy atom. The second-order valence-corrected chi connectivity index (χ2v) is 8.58. The van der Waals surface area contributed by atoms with Crippen molar-refractivity contribution in [1.82, 2.24) is 0 Å². The average molecular weight is 465 g/mol. The van der Waals surface area contributed by atoms with Gasteiger partial charge in [0.05, 0.1) is 66.1 Å². The van der Waals surface area contributed by atoms with Gasteiger partial charge in [0.1, 0.15) is 17.7 Å². The molecule has 1 aliphatic carbocycles. The summed E-state index contributed by atoms with van der Waals surface area (Å²) in [6.07, 6.45) is 7.71. The maximum absolute atomic E-state index is 9.23. The van der Waals surface area contributed by atoms with Gasteiger partial charge in [-0.3, -0.25) is 0 Å². The number of rotatable bonds is 0. The van der Waals surface area contributed by atoms with Crippen molar-refractivity contribution in [2.24, 2.45) is 0 Å². The summed E-state index contributed by atoms with van der Waals surface area (Å²) in [5.41, 5.74) is 0.724. The Balaban J connectivity index is 1.96. The molecule has 0 spiro atoms. The minimum atomic E-state index is 0.104. The molecule has 7 nitrogen and oxygen atoms in total. The van der Waals surface area contributed by atoms with Gasteiger partial charge in [0.15, 0.2) is 0 Å². The van der Waals surface area contributed by atoms with Crippen LogP contribution in [0.4, 0.5) is 0 Å². The molecule has 0 unspecified atom stereocenters. The van der Waals surface area contributed by atoms with E-state index >= 15 is 0 Å². The summed E-state index contributed by atoms with van der Waals surface area (Å²) < 4.78 is 27.6. The first-order chi connectivity index (χ1) is 15.3. The molecule has 1 aliphatic heterocycles. The zero-order chi connectivity index (χ0) is 22.0. The van der Waals surface area contributed by atoms with Gasteiger partial charge in [-0.15, -0.1) is 23.5 Å². The van der Waals surface area contributed by atoms with Crippen molar-refractivity contribution < 1.29 is 23.7 Å². The fourth-order valence-electron chi connectivity index (χ4n) is 2.50. The number of nitrogens with zero attached hydrogens (tertiary/aromatic N) is 2. The van der Waals surface area contributed by atoms with E-state index in [1.807, 2.05) is 30.4 Å². The van der Waals surface area contributed by atoms with E-state index in [9.17, 15) is 10.5 Å². The van der Waals surface area contributed by atoms with E-state index in [-0.39, 0.29) is 5.57 Å². The molecule has 168 valence electrons. The van der Waals surface area contributed by atoms with Crippen molar-refractivity contribution in [2.45, 2.75) is 0 Å². The topological polar surface area (TPSA) is 93.7 Å². The van der Waals surface area contributed by atoms with E-state index in [1.165, 1.54) is 0 Å². The van der Waals surface area contributed by atoms with E-state index in [4.69, 9.17) is 23.7 Å². The quantitative estimate of drug-likeness (QED) is 0.501. The van der Waals surface area contributed by atoms with Crippen LogP contribution >= 0.6 is 23.5 Å². The highest BCUT2D eigenvalue weighted by Gasteiger charge is 2.09. The maximum Gasteiger partial charge on any atom is 0.136 e. The lowest BCUT2D eigenvalue weighted by Gasteiger charge is -2.09. The number of thioether (sulfide) groups is 2.